The van der Waals surface area contributed by atoms with Gasteiger partial charge in [0.15, 0.2) is 11.9 Å². The second kappa shape index (κ2) is 20.9. The van der Waals surface area contributed by atoms with E-state index < -0.39 is 10.0 Å². The molecule has 5 nitrogen and oxygen atoms in total. The van der Waals surface area contributed by atoms with Gasteiger partial charge in [0.25, 0.3) is 0 Å². The minimum absolute atomic E-state index is 0. The summed E-state index contributed by atoms with van der Waals surface area (Å²) in [5, 5.41) is 0. The zero-order valence-corrected chi connectivity index (χ0v) is 30.5. The maximum absolute atomic E-state index is 13.9. The van der Waals surface area contributed by atoms with Gasteiger partial charge in [0.1, 0.15) is 12.3 Å². The van der Waals surface area contributed by atoms with Crippen LogP contribution in [0.3, 0.4) is 0 Å². The molecular formula is C37H55IN2O3S. The molecule has 0 saturated carbocycles. The highest BCUT2D eigenvalue weighted by molar-refractivity contribution is 7.89. The second-order valence-electron chi connectivity index (χ2n) is 11.9. The van der Waals surface area contributed by atoms with Gasteiger partial charge in [-0.15, -0.1) is 0 Å². The van der Waals surface area contributed by atoms with Gasteiger partial charge in [-0.25, -0.2) is 13.0 Å². The Hall–Kier alpha value is -1.97. The molecule has 3 rings (SSSR count). The minimum Gasteiger partial charge on any atom is -1.00 e. The quantitative estimate of drug-likeness (QED) is 0.0758. The Kier molecular flexibility index (Phi) is 18.2. The van der Waals surface area contributed by atoms with Crippen molar-refractivity contribution in [2.75, 3.05) is 6.61 Å². The van der Waals surface area contributed by atoms with Crippen molar-refractivity contribution >= 4 is 10.0 Å². The van der Waals surface area contributed by atoms with E-state index in [1.165, 1.54) is 70.6 Å². The molecule has 1 aromatic heterocycles. The fourth-order valence-electron chi connectivity index (χ4n) is 5.49. The van der Waals surface area contributed by atoms with Gasteiger partial charge in [0.2, 0.25) is 10.0 Å². The largest absolute Gasteiger partial charge is 1.00 e. The Morgan fingerprint density at radius 1 is 0.727 bits per heavy atom. The summed E-state index contributed by atoms with van der Waals surface area (Å²) in [5.41, 5.74) is 4.01. The lowest BCUT2D eigenvalue weighted by Crippen LogP contribution is -3.00. The predicted molar refractivity (Wildman–Crippen MR) is 178 cm³/mol. The Morgan fingerprint density at radius 2 is 1.34 bits per heavy atom. The van der Waals surface area contributed by atoms with Crippen LogP contribution in [0.25, 0.3) is 0 Å². The van der Waals surface area contributed by atoms with Gasteiger partial charge in [0.05, 0.1) is 18.0 Å². The molecule has 0 fully saturated rings. The van der Waals surface area contributed by atoms with E-state index in [1.807, 2.05) is 68.6 Å². The van der Waals surface area contributed by atoms with E-state index in [0.29, 0.717) is 18.0 Å². The Bertz CT molecular complexity index is 1330. The van der Waals surface area contributed by atoms with Crippen molar-refractivity contribution in [3.05, 3.63) is 89.2 Å². The second-order valence-corrected chi connectivity index (χ2v) is 13.8. The maximum Gasteiger partial charge on any atom is 0.243 e. The number of halogens is 1. The molecule has 2 aromatic carbocycles. The first-order valence-corrected chi connectivity index (χ1v) is 18.1. The number of ether oxygens (including phenoxy) is 1. The van der Waals surface area contributed by atoms with Crippen LogP contribution in [0.5, 0.6) is 5.75 Å². The smallest absolute Gasteiger partial charge is 0.243 e. The SMILES string of the molecule is CCCCCCCCCCCCCCOc1ccc(CN(Cc2cccc[n+]2CC)S(=O)(=O)c2ccc(C)cc2)c(C)c1.[I-]. The average Bonchev–Trinajstić information content (AvgIpc) is 3.00. The summed E-state index contributed by atoms with van der Waals surface area (Å²) in [5.74, 6) is 0.851. The third-order valence-corrected chi connectivity index (χ3v) is 10.1. The third kappa shape index (κ3) is 12.8. The molecule has 0 radical (unpaired) electrons. The number of nitrogens with zero attached hydrogens (tertiary/aromatic N) is 2. The van der Waals surface area contributed by atoms with Gasteiger partial charge in [-0.05, 0) is 62.6 Å². The molecule has 1 heterocycles. The number of hydrogen-bond donors (Lipinski definition) is 0. The van der Waals surface area contributed by atoms with Crippen LogP contribution in [0.1, 0.15) is 113 Å². The van der Waals surface area contributed by atoms with E-state index in [0.717, 1.165) is 47.7 Å². The van der Waals surface area contributed by atoms with E-state index in [-0.39, 0.29) is 24.0 Å². The summed E-state index contributed by atoms with van der Waals surface area (Å²) >= 11 is 0. The van der Waals surface area contributed by atoms with E-state index >= 15 is 0 Å². The number of pyridine rings is 1. The highest BCUT2D eigenvalue weighted by atomic mass is 127. The molecule has 7 heteroatoms. The van der Waals surface area contributed by atoms with E-state index in [1.54, 1.807) is 16.4 Å². The lowest BCUT2D eigenvalue weighted by Gasteiger charge is -2.23. The van der Waals surface area contributed by atoms with Crippen LogP contribution >= 0.6 is 0 Å². The Labute approximate surface area is 285 Å². The first-order chi connectivity index (χ1) is 20.8. The molecule has 0 unspecified atom stereocenters. The van der Waals surface area contributed by atoms with Gasteiger partial charge in [-0.2, -0.15) is 4.31 Å². The predicted octanol–water partition coefficient (Wildman–Crippen LogP) is 6.09. The molecule has 0 aliphatic carbocycles. The molecule has 0 atom stereocenters. The molecule has 244 valence electrons. The van der Waals surface area contributed by atoms with Crippen molar-refractivity contribution in [1.29, 1.82) is 0 Å². The van der Waals surface area contributed by atoms with Crippen LogP contribution in [0, 0.1) is 13.8 Å². The van der Waals surface area contributed by atoms with Gasteiger partial charge in [0, 0.05) is 18.7 Å². The van der Waals surface area contributed by atoms with Gasteiger partial charge < -0.3 is 28.7 Å². The van der Waals surface area contributed by atoms with Crippen LogP contribution in [-0.2, 0) is 29.7 Å². The summed E-state index contributed by atoms with van der Waals surface area (Å²) in [6, 6.07) is 19.1. The molecular weight excluding hydrogens is 679 g/mol. The van der Waals surface area contributed by atoms with Crippen LogP contribution in [0.15, 0.2) is 71.8 Å². The molecule has 0 saturated heterocycles. The number of hydrogen-bond acceptors (Lipinski definition) is 3. The van der Waals surface area contributed by atoms with E-state index in [4.69, 9.17) is 4.74 Å². The van der Waals surface area contributed by atoms with Crippen LogP contribution in [-0.4, -0.2) is 19.3 Å². The minimum atomic E-state index is -3.71. The molecule has 44 heavy (non-hydrogen) atoms. The molecule has 0 bridgehead atoms. The lowest BCUT2D eigenvalue weighted by atomic mass is 10.1. The standard InChI is InChI=1S/C37H55N2O3S.HI/c1-5-7-8-9-10-11-12-13-14-15-16-19-28-42-36-24-23-34(33(4)29-36)30-39(31-35-20-17-18-27-38(35)6-2)43(40,41)37-25-21-32(3)22-26-37;/h17-18,20-27,29H,5-16,19,28,30-31H2,1-4H3;1H/q+1;/p-1. The van der Waals surface area contributed by atoms with Crippen LogP contribution < -0.4 is 33.3 Å². The molecule has 0 N–H and O–H groups in total. The molecule has 3 aromatic rings. The topological polar surface area (TPSA) is 50.5 Å². The van der Waals surface area contributed by atoms with Gasteiger partial charge in [-0.3, -0.25) is 0 Å². The lowest BCUT2D eigenvalue weighted by molar-refractivity contribution is -0.701. The van der Waals surface area contributed by atoms with E-state index in [2.05, 4.69) is 18.4 Å². The Morgan fingerprint density at radius 3 is 1.93 bits per heavy atom. The number of benzene rings is 2. The van der Waals surface area contributed by atoms with Crippen molar-refractivity contribution in [2.24, 2.45) is 0 Å². The summed E-state index contributed by atoms with van der Waals surface area (Å²) in [6.07, 6.45) is 17.9. The third-order valence-electron chi connectivity index (χ3n) is 8.30. The first kappa shape index (κ1) is 38.2. The number of aryl methyl sites for hydroxylation is 3. The number of aromatic nitrogens is 1. The monoisotopic (exact) mass is 734 g/mol. The van der Waals surface area contributed by atoms with Crippen LogP contribution in [0.4, 0.5) is 0 Å². The van der Waals surface area contributed by atoms with Crippen LogP contribution in [0.2, 0.25) is 0 Å². The van der Waals surface area contributed by atoms with Crippen molar-refractivity contribution in [3.63, 3.8) is 0 Å². The molecule has 0 amide bonds. The summed E-state index contributed by atoms with van der Waals surface area (Å²) in [4.78, 5) is 0.317. The summed E-state index contributed by atoms with van der Waals surface area (Å²) in [6.45, 7) is 10.4. The zero-order valence-electron chi connectivity index (χ0n) is 27.6. The first-order valence-electron chi connectivity index (χ1n) is 16.6. The molecule has 0 spiro atoms. The van der Waals surface area contributed by atoms with Crippen molar-refractivity contribution in [2.45, 2.75) is 129 Å². The highest BCUT2D eigenvalue weighted by Crippen LogP contribution is 2.25. The van der Waals surface area contributed by atoms with Gasteiger partial charge >= 0.3 is 0 Å². The number of sulfonamides is 1. The summed E-state index contributed by atoms with van der Waals surface area (Å²) < 4.78 is 37.5. The average molecular weight is 735 g/mol. The molecule has 0 aliphatic heterocycles. The molecule has 0 aliphatic rings. The van der Waals surface area contributed by atoms with Crippen molar-refractivity contribution < 1.29 is 41.7 Å². The highest BCUT2D eigenvalue weighted by Gasteiger charge is 2.28. The fraction of sp³-hybridized carbons (Fsp3) is 0.541. The summed E-state index contributed by atoms with van der Waals surface area (Å²) in [7, 11) is -3.71. The number of rotatable bonds is 21. The fourth-order valence-corrected chi connectivity index (χ4v) is 6.88. The Balaban J connectivity index is 0.00000675. The van der Waals surface area contributed by atoms with E-state index in [9.17, 15) is 8.42 Å². The maximum atomic E-state index is 13.9. The number of unbranched alkanes of at least 4 members (excludes halogenated alkanes) is 11. The van der Waals surface area contributed by atoms with Crippen molar-refractivity contribution in [3.8, 4) is 5.75 Å². The zero-order chi connectivity index (χ0) is 30.9. The normalized spacial score (nSPS) is 11.5. The van der Waals surface area contributed by atoms with Gasteiger partial charge in [-0.1, -0.05) is 107 Å². The van der Waals surface area contributed by atoms with Crippen molar-refractivity contribution in [1.82, 2.24) is 4.31 Å².